The van der Waals surface area contributed by atoms with Crippen molar-refractivity contribution in [2.45, 2.75) is 6.92 Å². The number of rotatable bonds is 4. The molecule has 126 valence electrons. The van der Waals surface area contributed by atoms with E-state index in [1.165, 1.54) is 19.2 Å². The van der Waals surface area contributed by atoms with Crippen LogP contribution in [0.2, 0.25) is 0 Å². The van der Waals surface area contributed by atoms with Crippen molar-refractivity contribution in [3.63, 3.8) is 0 Å². The van der Waals surface area contributed by atoms with Crippen LogP contribution in [0, 0.1) is 17.0 Å². The smallest absolute Gasteiger partial charge is 0.343 e. The molecule has 1 heterocycles. The van der Waals surface area contributed by atoms with Crippen molar-refractivity contribution in [3.8, 4) is 5.75 Å². The van der Waals surface area contributed by atoms with Gasteiger partial charge in [0, 0.05) is 11.6 Å². The van der Waals surface area contributed by atoms with Crippen LogP contribution in [-0.4, -0.2) is 18.0 Å². The van der Waals surface area contributed by atoms with Gasteiger partial charge in [-0.1, -0.05) is 35.9 Å². The average molecular weight is 337 g/mol. The van der Waals surface area contributed by atoms with Gasteiger partial charge >= 0.3 is 11.7 Å². The molecule has 2 aromatic rings. The number of hydrogen-bond acceptors (Lipinski definition) is 5. The third-order valence-electron chi connectivity index (χ3n) is 3.78. The zero-order valence-electron chi connectivity index (χ0n) is 13.7. The maximum Gasteiger partial charge on any atom is 0.343 e. The predicted molar refractivity (Wildman–Crippen MR) is 92.9 cm³/mol. The summed E-state index contributed by atoms with van der Waals surface area (Å²) in [6.45, 7) is 1.97. The highest BCUT2D eigenvalue weighted by molar-refractivity contribution is 6.05. The van der Waals surface area contributed by atoms with Gasteiger partial charge in [-0.3, -0.25) is 10.1 Å². The average Bonchev–Trinajstić information content (AvgIpc) is 2.96. The van der Waals surface area contributed by atoms with E-state index in [4.69, 9.17) is 9.47 Å². The molecule has 1 aliphatic heterocycles. The number of hydrogen-bond donors (Lipinski definition) is 0. The summed E-state index contributed by atoms with van der Waals surface area (Å²) in [5.74, 6) is 0.130. The number of benzene rings is 2. The van der Waals surface area contributed by atoms with Gasteiger partial charge in [0.05, 0.1) is 17.6 Å². The number of cyclic esters (lactones) is 1. The number of nitro groups is 1. The molecule has 6 nitrogen and oxygen atoms in total. The molecule has 6 heteroatoms. The highest BCUT2D eigenvalue weighted by Gasteiger charge is 2.22. The fourth-order valence-electron chi connectivity index (χ4n) is 2.47. The maximum atomic E-state index is 12.1. The first kappa shape index (κ1) is 16.4. The van der Waals surface area contributed by atoms with Crippen LogP contribution < -0.4 is 4.74 Å². The molecule has 0 radical (unpaired) electrons. The van der Waals surface area contributed by atoms with Crippen molar-refractivity contribution in [3.05, 3.63) is 80.9 Å². The largest absolute Gasteiger partial charge is 0.490 e. The van der Waals surface area contributed by atoms with E-state index in [1.54, 1.807) is 18.2 Å². The van der Waals surface area contributed by atoms with Gasteiger partial charge in [0.15, 0.2) is 5.75 Å². The van der Waals surface area contributed by atoms with E-state index in [0.29, 0.717) is 16.9 Å². The third kappa shape index (κ3) is 3.42. The first-order valence-electron chi connectivity index (χ1n) is 7.53. The van der Waals surface area contributed by atoms with Crippen LogP contribution in [0.3, 0.4) is 0 Å². The molecule has 0 unspecified atom stereocenters. The van der Waals surface area contributed by atoms with E-state index in [9.17, 15) is 14.9 Å². The number of esters is 1. The Kier molecular flexibility index (Phi) is 4.35. The minimum Gasteiger partial charge on any atom is -0.490 e. The normalized spacial score (nSPS) is 15.0. The number of carbonyl (C=O) groups excluding carboxylic acids is 1. The van der Waals surface area contributed by atoms with Crippen molar-refractivity contribution in [1.29, 1.82) is 0 Å². The van der Waals surface area contributed by atoms with E-state index in [2.05, 4.69) is 0 Å². The minimum atomic E-state index is -0.526. The maximum absolute atomic E-state index is 12.1. The Bertz CT molecular complexity index is 910. The summed E-state index contributed by atoms with van der Waals surface area (Å²) in [6, 6.07) is 12.1. The fourth-order valence-corrected chi connectivity index (χ4v) is 2.47. The lowest BCUT2D eigenvalue weighted by Gasteiger charge is -2.02. The monoisotopic (exact) mass is 337 g/mol. The number of methoxy groups -OCH3 is 1. The van der Waals surface area contributed by atoms with Crippen LogP contribution >= 0.6 is 0 Å². The summed E-state index contributed by atoms with van der Waals surface area (Å²) in [4.78, 5) is 22.6. The number of aryl methyl sites for hydroxylation is 1. The second kappa shape index (κ2) is 6.60. The molecular weight excluding hydrogens is 322 g/mol. The molecule has 0 fully saturated rings. The molecule has 0 saturated carbocycles. The Morgan fingerprint density at radius 1 is 1.16 bits per heavy atom. The lowest BCUT2D eigenvalue weighted by molar-refractivity contribution is -0.385. The second-order valence-corrected chi connectivity index (χ2v) is 5.55. The molecule has 0 N–H and O–H groups in total. The highest BCUT2D eigenvalue weighted by Crippen LogP contribution is 2.31. The fraction of sp³-hybridized carbons (Fsp3) is 0.105. The third-order valence-corrected chi connectivity index (χ3v) is 3.78. The van der Waals surface area contributed by atoms with Crippen LogP contribution in [0.15, 0.2) is 54.1 Å². The number of carbonyl (C=O) groups is 1. The Morgan fingerprint density at radius 3 is 2.52 bits per heavy atom. The molecule has 3 rings (SSSR count). The molecule has 0 atom stereocenters. The van der Waals surface area contributed by atoms with Crippen LogP contribution in [0.1, 0.15) is 16.7 Å². The molecule has 0 amide bonds. The SMILES string of the molecule is COc1ccc(/C=C2\C=C(c3ccc(C)cc3)OC2=O)cc1[N+](=O)[O-]. The number of nitrogens with zero attached hydrogens (tertiary/aromatic N) is 1. The van der Waals surface area contributed by atoms with Gasteiger partial charge < -0.3 is 9.47 Å². The Labute approximate surface area is 144 Å². The van der Waals surface area contributed by atoms with E-state index in [1.807, 2.05) is 31.2 Å². The first-order chi connectivity index (χ1) is 12.0. The molecule has 2 aromatic carbocycles. The van der Waals surface area contributed by atoms with Crippen LogP contribution in [0.4, 0.5) is 5.69 Å². The van der Waals surface area contributed by atoms with Gasteiger partial charge in [-0.15, -0.1) is 0 Å². The molecule has 0 aliphatic carbocycles. The van der Waals surface area contributed by atoms with Crippen LogP contribution in [0.5, 0.6) is 5.75 Å². The van der Waals surface area contributed by atoms with Crippen molar-refractivity contribution in [2.24, 2.45) is 0 Å². The molecule has 1 aliphatic rings. The van der Waals surface area contributed by atoms with Gasteiger partial charge in [0.2, 0.25) is 0 Å². The van der Waals surface area contributed by atoms with E-state index >= 15 is 0 Å². The van der Waals surface area contributed by atoms with Crippen LogP contribution in [0.25, 0.3) is 11.8 Å². The summed E-state index contributed by atoms with van der Waals surface area (Å²) >= 11 is 0. The summed E-state index contributed by atoms with van der Waals surface area (Å²) in [7, 11) is 1.37. The van der Waals surface area contributed by atoms with Gasteiger partial charge in [-0.05, 0) is 30.7 Å². The molecular formula is C19H15NO5. The minimum absolute atomic E-state index is 0.161. The summed E-state index contributed by atoms with van der Waals surface area (Å²) < 4.78 is 10.3. The summed E-state index contributed by atoms with van der Waals surface area (Å²) in [5, 5.41) is 11.1. The Morgan fingerprint density at radius 2 is 1.88 bits per heavy atom. The predicted octanol–water partition coefficient (Wildman–Crippen LogP) is 3.89. The molecule has 25 heavy (non-hydrogen) atoms. The lowest BCUT2D eigenvalue weighted by Crippen LogP contribution is -1.98. The van der Waals surface area contributed by atoms with Crippen molar-refractivity contribution in [2.75, 3.05) is 7.11 Å². The van der Waals surface area contributed by atoms with Crippen molar-refractivity contribution >= 4 is 23.5 Å². The number of nitro benzene ring substituents is 1. The van der Waals surface area contributed by atoms with E-state index in [0.717, 1.165) is 11.1 Å². The first-order valence-corrected chi connectivity index (χ1v) is 7.53. The van der Waals surface area contributed by atoms with Gasteiger partial charge in [-0.25, -0.2) is 4.79 Å². The number of ether oxygens (including phenoxy) is 2. The molecule has 0 saturated heterocycles. The summed E-state index contributed by atoms with van der Waals surface area (Å²) in [5.41, 5.74) is 2.58. The topological polar surface area (TPSA) is 78.7 Å². The molecule has 0 aromatic heterocycles. The van der Waals surface area contributed by atoms with Gasteiger partial charge in [0.1, 0.15) is 5.76 Å². The Hall–Kier alpha value is -3.41. The Balaban J connectivity index is 1.95. The van der Waals surface area contributed by atoms with Gasteiger partial charge in [-0.2, -0.15) is 0 Å². The summed E-state index contributed by atoms with van der Waals surface area (Å²) in [6.07, 6.45) is 3.18. The standard InChI is InChI=1S/C19H15NO5/c1-12-3-6-14(7-4-12)18-11-15(19(21)25-18)9-13-5-8-17(24-2)16(10-13)20(22)23/h3-11H,1-2H3/b15-9+. The second-order valence-electron chi connectivity index (χ2n) is 5.55. The quantitative estimate of drug-likeness (QED) is 0.366. The van der Waals surface area contributed by atoms with E-state index < -0.39 is 10.9 Å². The lowest BCUT2D eigenvalue weighted by atomic mass is 10.1. The zero-order valence-corrected chi connectivity index (χ0v) is 13.7. The molecule has 0 spiro atoms. The van der Waals surface area contributed by atoms with E-state index in [-0.39, 0.29) is 11.4 Å². The van der Waals surface area contributed by atoms with Crippen molar-refractivity contribution < 1.29 is 19.2 Å². The van der Waals surface area contributed by atoms with Gasteiger partial charge in [0.25, 0.3) is 0 Å². The highest BCUT2D eigenvalue weighted by atomic mass is 16.6. The molecule has 0 bridgehead atoms. The van der Waals surface area contributed by atoms with Crippen molar-refractivity contribution in [1.82, 2.24) is 0 Å². The zero-order chi connectivity index (χ0) is 18.0. The van der Waals surface area contributed by atoms with Crippen LogP contribution in [-0.2, 0) is 9.53 Å².